The lowest BCUT2D eigenvalue weighted by atomic mass is 10.1. The molecule has 4 rings (SSSR count). The minimum absolute atomic E-state index is 0.0258. The quantitative estimate of drug-likeness (QED) is 0.749. The van der Waals surface area contributed by atoms with Crippen molar-refractivity contribution in [2.24, 2.45) is 5.92 Å². The molecule has 2 aliphatic rings. The van der Waals surface area contributed by atoms with Crippen LogP contribution in [-0.2, 0) is 16.0 Å². The average molecular weight is 413 g/mol. The van der Waals surface area contributed by atoms with Crippen molar-refractivity contribution in [2.75, 3.05) is 39.3 Å². The second-order valence-corrected chi connectivity index (χ2v) is 7.71. The van der Waals surface area contributed by atoms with Gasteiger partial charge in [0.2, 0.25) is 11.8 Å². The maximum atomic E-state index is 13.0. The number of likely N-dealkylation sites (tertiary alicyclic amines) is 1. The molecule has 3 heterocycles. The molecule has 1 aromatic carbocycles. The lowest BCUT2D eigenvalue weighted by Crippen LogP contribution is -2.52. The Morgan fingerprint density at radius 2 is 1.73 bits per heavy atom. The van der Waals surface area contributed by atoms with Crippen LogP contribution >= 0.6 is 0 Å². The van der Waals surface area contributed by atoms with Gasteiger partial charge >= 0.3 is 0 Å². The molecule has 2 aliphatic heterocycles. The van der Waals surface area contributed by atoms with Crippen LogP contribution in [0.2, 0.25) is 0 Å². The first-order chi connectivity index (χ1) is 14.5. The Bertz CT molecular complexity index is 905. The fourth-order valence-electron chi connectivity index (χ4n) is 4.01. The fourth-order valence-corrected chi connectivity index (χ4v) is 4.01. The molecule has 0 radical (unpaired) electrons. The van der Waals surface area contributed by atoms with Gasteiger partial charge in [-0.3, -0.25) is 14.4 Å². The second-order valence-electron chi connectivity index (χ2n) is 7.71. The predicted octanol–water partition coefficient (Wildman–Crippen LogP) is 1.79. The van der Waals surface area contributed by atoms with Crippen molar-refractivity contribution in [1.29, 1.82) is 0 Å². The first-order valence-electron chi connectivity index (χ1n) is 10.1. The third kappa shape index (κ3) is 4.37. The van der Waals surface area contributed by atoms with Gasteiger partial charge in [-0.25, -0.2) is 4.39 Å². The molecule has 1 unspecified atom stereocenters. The Morgan fingerprint density at radius 3 is 2.40 bits per heavy atom. The lowest BCUT2D eigenvalue weighted by Gasteiger charge is -2.35. The number of piperazine rings is 1. The zero-order valence-electron chi connectivity index (χ0n) is 16.6. The van der Waals surface area contributed by atoms with Crippen LogP contribution in [0.1, 0.15) is 22.5 Å². The second kappa shape index (κ2) is 8.69. The van der Waals surface area contributed by atoms with E-state index in [1.807, 2.05) is 0 Å². The third-order valence-electron chi connectivity index (χ3n) is 5.76. The number of furan rings is 1. The van der Waals surface area contributed by atoms with E-state index in [1.54, 1.807) is 39.0 Å². The van der Waals surface area contributed by atoms with Crippen LogP contribution in [0.3, 0.4) is 0 Å². The molecule has 7 nitrogen and oxygen atoms in total. The van der Waals surface area contributed by atoms with Crippen molar-refractivity contribution < 1.29 is 23.2 Å². The average Bonchev–Trinajstić information content (AvgIpc) is 3.43. The Hall–Kier alpha value is -3.16. The van der Waals surface area contributed by atoms with Gasteiger partial charge in [0, 0.05) is 45.7 Å². The molecule has 3 amide bonds. The van der Waals surface area contributed by atoms with Crippen LogP contribution in [0.5, 0.6) is 0 Å². The van der Waals surface area contributed by atoms with E-state index in [0.717, 1.165) is 5.56 Å². The summed E-state index contributed by atoms with van der Waals surface area (Å²) in [7, 11) is 0. The van der Waals surface area contributed by atoms with Crippen LogP contribution in [0.25, 0.3) is 0 Å². The summed E-state index contributed by atoms with van der Waals surface area (Å²) in [5.41, 5.74) is 0.955. The van der Waals surface area contributed by atoms with E-state index in [9.17, 15) is 18.8 Å². The Kier molecular flexibility index (Phi) is 5.83. The zero-order chi connectivity index (χ0) is 21.1. The topological polar surface area (TPSA) is 74.1 Å². The highest BCUT2D eigenvalue weighted by atomic mass is 19.1. The highest BCUT2D eigenvalue weighted by molar-refractivity contribution is 5.92. The van der Waals surface area contributed by atoms with Crippen molar-refractivity contribution in [3.8, 4) is 0 Å². The number of carbonyl (C=O) groups excluding carboxylic acids is 3. The Balaban J connectivity index is 1.26. The Labute approximate surface area is 174 Å². The number of carbonyl (C=O) groups is 3. The number of halogens is 1. The van der Waals surface area contributed by atoms with Gasteiger partial charge < -0.3 is 19.1 Å². The first kappa shape index (κ1) is 20.1. The maximum absolute atomic E-state index is 13.0. The van der Waals surface area contributed by atoms with Crippen molar-refractivity contribution in [3.05, 3.63) is 59.8 Å². The summed E-state index contributed by atoms with van der Waals surface area (Å²) < 4.78 is 18.2. The van der Waals surface area contributed by atoms with E-state index in [2.05, 4.69) is 0 Å². The highest BCUT2D eigenvalue weighted by Gasteiger charge is 2.37. The summed E-state index contributed by atoms with van der Waals surface area (Å²) in [6, 6.07) is 9.54. The number of hydrogen-bond donors (Lipinski definition) is 0. The van der Waals surface area contributed by atoms with E-state index in [0.29, 0.717) is 51.4 Å². The Morgan fingerprint density at radius 1 is 1.03 bits per heavy atom. The molecule has 0 bridgehead atoms. The molecule has 0 spiro atoms. The van der Waals surface area contributed by atoms with Gasteiger partial charge in [0.15, 0.2) is 5.76 Å². The zero-order valence-corrected chi connectivity index (χ0v) is 16.6. The van der Waals surface area contributed by atoms with Crippen molar-refractivity contribution in [2.45, 2.75) is 12.8 Å². The number of hydrogen-bond acceptors (Lipinski definition) is 4. The lowest BCUT2D eigenvalue weighted by molar-refractivity contribution is -0.137. The summed E-state index contributed by atoms with van der Waals surface area (Å²) in [5.74, 6) is -0.562. The van der Waals surface area contributed by atoms with E-state index in [-0.39, 0.29) is 35.9 Å². The van der Waals surface area contributed by atoms with Gasteiger partial charge in [0.1, 0.15) is 5.82 Å². The number of amides is 3. The molecule has 158 valence electrons. The third-order valence-corrected chi connectivity index (χ3v) is 5.76. The van der Waals surface area contributed by atoms with E-state index < -0.39 is 0 Å². The molecule has 8 heteroatoms. The van der Waals surface area contributed by atoms with Crippen molar-refractivity contribution >= 4 is 17.7 Å². The molecule has 2 saturated heterocycles. The highest BCUT2D eigenvalue weighted by Crippen LogP contribution is 2.22. The van der Waals surface area contributed by atoms with Gasteiger partial charge in [-0.2, -0.15) is 0 Å². The largest absolute Gasteiger partial charge is 0.459 e. The fraction of sp³-hybridized carbons (Fsp3) is 0.409. The van der Waals surface area contributed by atoms with E-state index in [4.69, 9.17) is 4.42 Å². The molecule has 30 heavy (non-hydrogen) atoms. The number of rotatable bonds is 5. The van der Waals surface area contributed by atoms with E-state index >= 15 is 0 Å². The van der Waals surface area contributed by atoms with Crippen molar-refractivity contribution in [3.63, 3.8) is 0 Å². The van der Waals surface area contributed by atoms with Crippen LogP contribution in [-0.4, -0.2) is 71.7 Å². The van der Waals surface area contributed by atoms with Gasteiger partial charge in [-0.15, -0.1) is 0 Å². The van der Waals surface area contributed by atoms with Crippen molar-refractivity contribution in [1.82, 2.24) is 14.7 Å². The number of nitrogens with zero attached hydrogens (tertiary/aromatic N) is 3. The monoisotopic (exact) mass is 413 g/mol. The van der Waals surface area contributed by atoms with Crippen LogP contribution in [0, 0.1) is 11.7 Å². The molecular formula is C22H24FN3O4. The smallest absolute Gasteiger partial charge is 0.289 e. The summed E-state index contributed by atoms with van der Waals surface area (Å²) in [6.07, 6.45) is 2.31. The normalized spacial score (nSPS) is 19.4. The van der Waals surface area contributed by atoms with Gasteiger partial charge in [-0.05, 0) is 36.2 Å². The van der Waals surface area contributed by atoms with Crippen LogP contribution < -0.4 is 0 Å². The summed E-state index contributed by atoms with van der Waals surface area (Å²) in [4.78, 5) is 42.7. The minimum atomic E-state index is -0.349. The summed E-state index contributed by atoms with van der Waals surface area (Å²) in [6.45, 7) is 2.71. The maximum Gasteiger partial charge on any atom is 0.289 e. The van der Waals surface area contributed by atoms with Crippen LogP contribution in [0.4, 0.5) is 4.39 Å². The van der Waals surface area contributed by atoms with Gasteiger partial charge in [0.05, 0.1) is 12.2 Å². The standard InChI is InChI=1S/C22H24FN3O4/c23-18-5-3-16(4-6-18)7-8-26-15-17(14-20(26)27)21(28)24-9-11-25(12-10-24)22(29)19-2-1-13-30-19/h1-6,13,17H,7-12,14-15H2. The molecule has 1 atom stereocenters. The number of benzene rings is 1. The minimum Gasteiger partial charge on any atom is -0.459 e. The molecule has 0 aliphatic carbocycles. The summed E-state index contributed by atoms with van der Waals surface area (Å²) >= 11 is 0. The molecule has 2 fully saturated rings. The molecular weight excluding hydrogens is 389 g/mol. The van der Waals surface area contributed by atoms with Gasteiger partial charge in [-0.1, -0.05) is 12.1 Å². The SMILES string of the molecule is O=C1CC(C(=O)N2CCN(C(=O)c3ccco3)CC2)CN1CCc1ccc(F)cc1. The van der Waals surface area contributed by atoms with E-state index in [1.165, 1.54) is 18.4 Å². The summed E-state index contributed by atoms with van der Waals surface area (Å²) in [5, 5.41) is 0. The molecule has 0 saturated carbocycles. The molecule has 1 aromatic heterocycles. The molecule has 0 N–H and O–H groups in total. The predicted molar refractivity (Wildman–Crippen MR) is 106 cm³/mol. The first-order valence-corrected chi connectivity index (χ1v) is 10.1. The van der Waals surface area contributed by atoms with Crippen LogP contribution in [0.15, 0.2) is 47.1 Å². The molecule has 2 aromatic rings. The van der Waals surface area contributed by atoms with Gasteiger partial charge in [0.25, 0.3) is 5.91 Å².